The van der Waals surface area contributed by atoms with Gasteiger partial charge in [0.15, 0.2) is 0 Å². The molecule has 1 unspecified atom stereocenters. The number of rotatable bonds is 4. The number of piperidine rings is 1. The van der Waals surface area contributed by atoms with Gasteiger partial charge in [-0.05, 0) is 62.4 Å². The van der Waals surface area contributed by atoms with E-state index in [1.165, 1.54) is 0 Å². The van der Waals surface area contributed by atoms with E-state index in [4.69, 9.17) is 9.47 Å². The van der Waals surface area contributed by atoms with Crippen molar-refractivity contribution in [1.82, 2.24) is 15.1 Å². The zero-order valence-corrected chi connectivity index (χ0v) is 20.9. The van der Waals surface area contributed by atoms with Crippen LogP contribution in [0.4, 0.5) is 4.79 Å². The summed E-state index contributed by atoms with van der Waals surface area (Å²) in [6.07, 6.45) is 0.904. The molecule has 0 bridgehead atoms. The smallest absolute Gasteiger partial charge is 0.410 e. The minimum atomic E-state index is -0.535. The third kappa shape index (κ3) is 4.67. The first-order valence-electron chi connectivity index (χ1n) is 12.2. The molecule has 0 saturated carbocycles. The van der Waals surface area contributed by atoms with Crippen molar-refractivity contribution in [3.63, 3.8) is 0 Å². The quantitative estimate of drug-likeness (QED) is 0.693. The molecule has 0 aromatic heterocycles. The summed E-state index contributed by atoms with van der Waals surface area (Å²) in [6.45, 7) is 11.1. The SMILES string of the molecule is C=C1CCC(N2Cc3c(OCc4ccc5c(c4)CN(C(=O)OC(C)(C)C)C5)cccc3C2=O)C(=O)N1. The number of ether oxygens (including phenoxy) is 2. The Balaban J connectivity index is 1.26. The van der Waals surface area contributed by atoms with Gasteiger partial charge in [0.25, 0.3) is 5.91 Å². The van der Waals surface area contributed by atoms with Crippen LogP contribution in [-0.4, -0.2) is 39.4 Å². The zero-order valence-electron chi connectivity index (χ0n) is 20.9. The maximum Gasteiger partial charge on any atom is 0.410 e. The molecule has 3 aliphatic heterocycles. The summed E-state index contributed by atoms with van der Waals surface area (Å²) < 4.78 is 11.7. The summed E-state index contributed by atoms with van der Waals surface area (Å²) in [7, 11) is 0. The molecular weight excluding hydrogens is 458 g/mol. The fourth-order valence-electron chi connectivity index (χ4n) is 4.93. The Morgan fingerprint density at radius 1 is 1.11 bits per heavy atom. The molecule has 2 aromatic rings. The number of carbonyl (C=O) groups excluding carboxylic acids is 3. The third-order valence-corrected chi connectivity index (χ3v) is 6.69. The molecule has 0 radical (unpaired) electrons. The standard InChI is InChI=1S/C28H31N3O5/c1-17-8-11-23(25(32)29-17)31-15-22-21(26(31)33)6-5-7-24(22)35-16-18-9-10-19-13-30(14-20(19)12-18)27(34)36-28(2,3)4/h5-7,9-10,12,23H,1,8,11,13-16H2,2-4H3,(H,29,32). The molecule has 1 N–H and O–H groups in total. The first-order chi connectivity index (χ1) is 17.1. The van der Waals surface area contributed by atoms with Crippen LogP contribution in [0.5, 0.6) is 5.75 Å². The zero-order chi connectivity index (χ0) is 25.6. The van der Waals surface area contributed by atoms with E-state index in [-0.39, 0.29) is 17.9 Å². The van der Waals surface area contributed by atoms with Crippen LogP contribution in [0.15, 0.2) is 48.7 Å². The molecular formula is C28H31N3O5. The lowest BCUT2D eigenvalue weighted by Gasteiger charge is -2.31. The molecule has 8 nitrogen and oxygen atoms in total. The van der Waals surface area contributed by atoms with Crippen molar-refractivity contribution < 1.29 is 23.9 Å². The second kappa shape index (κ2) is 9.00. The van der Waals surface area contributed by atoms with Crippen molar-refractivity contribution >= 4 is 17.9 Å². The average molecular weight is 490 g/mol. The van der Waals surface area contributed by atoms with E-state index in [9.17, 15) is 14.4 Å². The molecule has 1 fully saturated rings. The molecule has 36 heavy (non-hydrogen) atoms. The Kier molecular flexibility index (Phi) is 5.98. The van der Waals surface area contributed by atoms with Crippen LogP contribution in [0.1, 0.15) is 66.2 Å². The number of hydrogen-bond acceptors (Lipinski definition) is 5. The molecule has 1 saturated heterocycles. The largest absolute Gasteiger partial charge is 0.489 e. The van der Waals surface area contributed by atoms with Crippen molar-refractivity contribution in [3.8, 4) is 5.75 Å². The van der Waals surface area contributed by atoms with E-state index in [2.05, 4.69) is 18.0 Å². The van der Waals surface area contributed by atoms with Crippen molar-refractivity contribution in [2.45, 2.75) is 71.5 Å². The monoisotopic (exact) mass is 489 g/mol. The fourth-order valence-corrected chi connectivity index (χ4v) is 4.93. The Bertz CT molecular complexity index is 1260. The Hall–Kier alpha value is -3.81. The number of hydrogen-bond donors (Lipinski definition) is 1. The van der Waals surface area contributed by atoms with Crippen LogP contribution in [0.3, 0.4) is 0 Å². The highest BCUT2D eigenvalue weighted by molar-refractivity contribution is 6.02. The maximum atomic E-state index is 13.1. The summed E-state index contributed by atoms with van der Waals surface area (Å²) >= 11 is 0. The first kappa shape index (κ1) is 23.9. The first-order valence-corrected chi connectivity index (χ1v) is 12.2. The van der Waals surface area contributed by atoms with E-state index < -0.39 is 11.6 Å². The van der Waals surface area contributed by atoms with E-state index in [0.29, 0.717) is 56.1 Å². The predicted molar refractivity (Wildman–Crippen MR) is 133 cm³/mol. The van der Waals surface area contributed by atoms with Crippen LogP contribution >= 0.6 is 0 Å². The van der Waals surface area contributed by atoms with Gasteiger partial charge < -0.3 is 19.7 Å². The summed E-state index contributed by atoms with van der Waals surface area (Å²) in [6, 6.07) is 11.0. The molecule has 5 rings (SSSR count). The second-order valence-electron chi connectivity index (χ2n) is 10.6. The fraction of sp³-hybridized carbons (Fsp3) is 0.393. The molecule has 3 amide bonds. The highest BCUT2D eigenvalue weighted by Crippen LogP contribution is 2.34. The Morgan fingerprint density at radius 3 is 2.64 bits per heavy atom. The molecule has 2 aromatic carbocycles. The summed E-state index contributed by atoms with van der Waals surface area (Å²) in [5.41, 5.74) is 4.68. The van der Waals surface area contributed by atoms with Crippen molar-refractivity contribution in [3.05, 3.63) is 76.5 Å². The van der Waals surface area contributed by atoms with Gasteiger partial charge in [-0.15, -0.1) is 0 Å². The van der Waals surface area contributed by atoms with Gasteiger partial charge in [0.2, 0.25) is 5.91 Å². The lowest BCUT2D eigenvalue weighted by atomic mass is 10.0. The third-order valence-electron chi connectivity index (χ3n) is 6.69. The lowest BCUT2D eigenvalue weighted by Crippen LogP contribution is -2.49. The van der Waals surface area contributed by atoms with E-state index in [0.717, 1.165) is 22.3 Å². The van der Waals surface area contributed by atoms with E-state index in [1.807, 2.05) is 39.0 Å². The van der Waals surface area contributed by atoms with Crippen LogP contribution in [0.2, 0.25) is 0 Å². The Labute approximate surface area is 210 Å². The molecule has 3 aliphatic rings. The highest BCUT2D eigenvalue weighted by atomic mass is 16.6. The predicted octanol–water partition coefficient (Wildman–Crippen LogP) is 4.26. The number of fused-ring (bicyclic) bond motifs is 2. The van der Waals surface area contributed by atoms with Crippen LogP contribution in [-0.2, 0) is 35.8 Å². The van der Waals surface area contributed by atoms with Crippen molar-refractivity contribution in [2.75, 3.05) is 0 Å². The van der Waals surface area contributed by atoms with E-state index in [1.54, 1.807) is 21.9 Å². The van der Waals surface area contributed by atoms with Gasteiger partial charge in [-0.25, -0.2) is 4.79 Å². The van der Waals surface area contributed by atoms with Crippen molar-refractivity contribution in [2.24, 2.45) is 0 Å². The number of benzene rings is 2. The molecule has 8 heteroatoms. The number of allylic oxidation sites excluding steroid dienone is 1. The Morgan fingerprint density at radius 2 is 1.89 bits per heavy atom. The topological polar surface area (TPSA) is 88.2 Å². The number of carbonyl (C=O) groups is 3. The lowest BCUT2D eigenvalue weighted by molar-refractivity contribution is -0.126. The van der Waals surface area contributed by atoms with Gasteiger partial charge in [0.05, 0.1) is 6.54 Å². The molecule has 1 atom stereocenters. The average Bonchev–Trinajstić information content (AvgIpc) is 3.38. The van der Waals surface area contributed by atoms with Crippen LogP contribution < -0.4 is 10.1 Å². The minimum absolute atomic E-state index is 0.150. The molecule has 3 heterocycles. The maximum absolute atomic E-state index is 13.1. The normalized spacial score (nSPS) is 19.2. The van der Waals surface area contributed by atoms with Crippen molar-refractivity contribution in [1.29, 1.82) is 0 Å². The van der Waals surface area contributed by atoms with Gasteiger partial charge in [-0.3, -0.25) is 14.5 Å². The molecule has 0 spiro atoms. The summed E-state index contributed by atoms with van der Waals surface area (Å²) in [4.78, 5) is 41.3. The number of amides is 3. The minimum Gasteiger partial charge on any atom is -0.489 e. The second-order valence-corrected chi connectivity index (χ2v) is 10.6. The highest BCUT2D eigenvalue weighted by Gasteiger charge is 2.39. The summed E-state index contributed by atoms with van der Waals surface area (Å²) in [5.74, 6) is 0.302. The van der Waals surface area contributed by atoms with Crippen LogP contribution in [0.25, 0.3) is 0 Å². The molecule has 188 valence electrons. The van der Waals surface area contributed by atoms with Gasteiger partial charge in [-0.1, -0.05) is 30.8 Å². The van der Waals surface area contributed by atoms with Gasteiger partial charge >= 0.3 is 6.09 Å². The summed E-state index contributed by atoms with van der Waals surface area (Å²) in [5, 5.41) is 2.77. The van der Waals surface area contributed by atoms with Gasteiger partial charge in [0, 0.05) is 29.9 Å². The van der Waals surface area contributed by atoms with Gasteiger partial charge in [0.1, 0.15) is 24.0 Å². The van der Waals surface area contributed by atoms with Crippen LogP contribution in [0, 0.1) is 0 Å². The number of nitrogens with zero attached hydrogens (tertiary/aromatic N) is 2. The van der Waals surface area contributed by atoms with E-state index >= 15 is 0 Å². The molecule has 0 aliphatic carbocycles. The number of nitrogens with one attached hydrogen (secondary N) is 1. The van der Waals surface area contributed by atoms with Gasteiger partial charge in [-0.2, -0.15) is 0 Å².